The van der Waals surface area contributed by atoms with Gasteiger partial charge in [-0.25, -0.2) is 4.79 Å². The van der Waals surface area contributed by atoms with Gasteiger partial charge in [0.2, 0.25) is 0 Å². The smallest absolute Gasteiger partial charge is 0.410 e. The number of amides is 1. The van der Waals surface area contributed by atoms with E-state index in [1.54, 1.807) is 4.90 Å². The summed E-state index contributed by atoms with van der Waals surface area (Å²) < 4.78 is 5.72. The van der Waals surface area contributed by atoms with Gasteiger partial charge in [0.15, 0.2) is 0 Å². The Morgan fingerprint density at radius 2 is 1.63 bits per heavy atom. The molecule has 2 aromatic rings. The van der Waals surface area contributed by atoms with Gasteiger partial charge in [-0.1, -0.05) is 48.5 Å². The minimum absolute atomic E-state index is 0.00763. The first-order valence-corrected chi connectivity index (χ1v) is 9.42. The van der Waals surface area contributed by atoms with E-state index in [1.165, 1.54) is 22.3 Å². The average molecular weight is 363 g/mol. The summed E-state index contributed by atoms with van der Waals surface area (Å²) in [5, 5.41) is 9.21. The number of aliphatic carboxylic acids is 1. The largest absolute Gasteiger partial charge is 0.481 e. The fourth-order valence-electron chi connectivity index (χ4n) is 5.28. The zero-order valence-electron chi connectivity index (χ0n) is 14.9. The predicted molar refractivity (Wildman–Crippen MR) is 99.5 cm³/mol. The highest BCUT2D eigenvalue weighted by atomic mass is 16.6. The first kappa shape index (κ1) is 16.4. The summed E-state index contributed by atoms with van der Waals surface area (Å²) in [5.74, 6) is -0.411. The maximum absolute atomic E-state index is 12.8. The normalized spacial score (nSPS) is 24.9. The Balaban J connectivity index is 1.35. The summed E-state index contributed by atoms with van der Waals surface area (Å²) >= 11 is 0. The predicted octanol–water partition coefficient (Wildman–Crippen LogP) is 3.87. The third kappa shape index (κ3) is 2.45. The van der Waals surface area contributed by atoms with Crippen molar-refractivity contribution in [2.24, 2.45) is 5.92 Å². The minimum Gasteiger partial charge on any atom is -0.481 e. The van der Waals surface area contributed by atoms with Gasteiger partial charge in [0, 0.05) is 12.5 Å². The lowest BCUT2D eigenvalue weighted by Crippen LogP contribution is -2.50. The summed E-state index contributed by atoms with van der Waals surface area (Å²) in [4.78, 5) is 25.6. The van der Waals surface area contributed by atoms with E-state index < -0.39 is 11.5 Å². The van der Waals surface area contributed by atoms with Crippen molar-refractivity contribution in [2.45, 2.75) is 30.7 Å². The number of carboxylic acid groups (broad SMARTS) is 1. The molecule has 3 fully saturated rings. The summed E-state index contributed by atoms with van der Waals surface area (Å²) in [6, 6.07) is 16.5. The van der Waals surface area contributed by atoms with E-state index in [0.717, 1.165) is 12.8 Å². The molecular formula is C22H21NO4. The van der Waals surface area contributed by atoms with Gasteiger partial charge in [0.25, 0.3) is 0 Å². The van der Waals surface area contributed by atoms with E-state index in [0.29, 0.717) is 12.5 Å². The monoisotopic (exact) mass is 363 g/mol. The molecule has 0 aromatic heterocycles. The van der Waals surface area contributed by atoms with E-state index in [4.69, 9.17) is 4.74 Å². The zero-order valence-corrected chi connectivity index (χ0v) is 14.9. The zero-order chi connectivity index (χ0) is 18.6. The fraction of sp³-hybridized carbons (Fsp3) is 0.364. The Hall–Kier alpha value is -2.82. The topological polar surface area (TPSA) is 66.8 Å². The summed E-state index contributed by atoms with van der Waals surface area (Å²) in [6.45, 7) is 0.890. The first-order valence-electron chi connectivity index (χ1n) is 9.42. The van der Waals surface area contributed by atoms with Crippen molar-refractivity contribution in [3.05, 3.63) is 59.7 Å². The van der Waals surface area contributed by atoms with Gasteiger partial charge in [-0.3, -0.25) is 4.79 Å². The van der Waals surface area contributed by atoms with Crippen molar-refractivity contribution in [3.63, 3.8) is 0 Å². The number of nitrogens with zero attached hydrogens (tertiary/aromatic N) is 1. The molecule has 5 nitrogen and oxygen atoms in total. The molecule has 0 unspecified atom stereocenters. The summed E-state index contributed by atoms with van der Waals surface area (Å²) in [6.07, 6.45) is 1.19. The molecule has 4 aliphatic rings. The Bertz CT molecular complexity index is 886. The van der Waals surface area contributed by atoms with Crippen LogP contribution in [0, 0.1) is 5.92 Å². The molecule has 0 atom stereocenters. The highest BCUT2D eigenvalue weighted by Crippen LogP contribution is 2.53. The third-order valence-electron chi connectivity index (χ3n) is 6.39. The molecule has 2 heterocycles. The standard InChI is InChI=1S/C22H21NO4/c24-20(25)11-22-9-14(10-22)12-23(22)21(26)27-13-19-17-7-3-1-5-15(17)16-6-2-4-8-18(16)19/h1-8,14,19H,9-13H2,(H,24,25). The van der Waals surface area contributed by atoms with Gasteiger partial charge in [0.05, 0.1) is 12.0 Å². The number of rotatable bonds is 4. The van der Waals surface area contributed by atoms with Gasteiger partial charge in [-0.15, -0.1) is 0 Å². The van der Waals surface area contributed by atoms with Crippen LogP contribution in [0.5, 0.6) is 0 Å². The van der Waals surface area contributed by atoms with E-state index >= 15 is 0 Å². The first-order chi connectivity index (χ1) is 13.1. The quantitative estimate of drug-likeness (QED) is 0.895. The van der Waals surface area contributed by atoms with Crippen molar-refractivity contribution in [3.8, 4) is 11.1 Å². The molecule has 2 bridgehead atoms. The van der Waals surface area contributed by atoms with Crippen LogP contribution in [0.3, 0.4) is 0 Å². The van der Waals surface area contributed by atoms with Crippen LogP contribution in [-0.4, -0.2) is 40.8 Å². The van der Waals surface area contributed by atoms with E-state index in [-0.39, 0.29) is 25.0 Å². The molecule has 2 aliphatic carbocycles. The molecule has 5 heteroatoms. The van der Waals surface area contributed by atoms with Crippen LogP contribution >= 0.6 is 0 Å². The molecule has 0 radical (unpaired) electrons. The second kappa shape index (κ2) is 5.84. The molecule has 0 spiro atoms. The molecule has 1 N–H and O–H groups in total. The molecule has 6 rings (SSSR count). The number of carboxylic acids is 1. The summed E-state index contributed by atoms with van der Waals surface area (Å²) in [5.41, 5.74) is 4.22. The van der Waals surface area contributed by atoms with Crippen molar-refractivity contribution in [1.82, 2.24) is 4.90 Å². The van der Waals surface area contributed by atoms with Crippen LogP contribution in [0.25, 0.3) is 11.1 Å². The molecule has 1 saturated carbocycles. The van der Waals surface area contributed by atoms with Crippen LogP contribution in [0.1, 0.15) is 36.3 Å². The number of hydrogen-bond donors (Lipinski definition) is 1. The fourth-order valence-corrected chi connectivity index (χ4v) is 5.28. The maximum atomic E-state index is 12.8. The number of carbonyl (C=O) groups is 2. The van der Waals surface area contributed by atoms with E-state index in [9.17, 15) is 14.7 Å². The van der Waals surface area contributed by atoms with Gasteiger partial charge >= 0.3 is 12.1 Å². The molecular weight excluding hydrogens is 342 g/mol. The Morgan fingerprint density at radius 3 is 2.22 bits per heavy atom. The molecule has 2 saturated heterocycles. The SMILES string of the molecule is O=C(O)CC12CC(CN1C(=O)OCC1c3ccccc3-c3ccccc31)C2. The Kier molecular flexibility index (Phi) is 3.54. The Morgan fingerprint density at radius 1 is 1.04 bits per heavy atom. The second-order valence-corrected chi connectivity index (χ2v) is 7.98. The lowest BCUT2D eigenvalue weighted by atomic mass is 9.71. The Labute approximate surface area is 157 Å². The van der Waals surface area contributed by atoms with Gasteiger partial charge in [-0.2, -0.15) is 0 Å². The highest BCUT2D eigenvalue weighted by molar-refractivity contribution is 5.79. The van der Waals surface area contributed by atoms with Gasteiger partial charge < -0.3 is 14.7 Å². The lowest BCUT2D eigenvalue weighted by Gasteiger charge is -2.40. The highest BCUT2D eigenvalue weighted by Gasteiger charge is 2.59. The summed E-state index contributed by atoms with van der Waals surface area (Å²) in [7, 11) is 0. The molecule has 2 aliphatic heterocycles. The van der Waals surface area contributed by atoms with Gasteiger partial charge in [-0.05, 0) is 41.0 Å². The lowest BCUT2D eigenvalue weighted by molar-refractivity contribution is -0.140. The third-order valence-corrected chi connectivity index (χ3v) is 6.39. The molecule has 2 aromatic carbocycles. The van der Waals surface area contributed by atoms with Crippen molar-refractivity contribution < 1.29 is 19.4 Å². The van der Waals surface area contributed by atoms with Crippen LogP contribution in [-0.2, 0) is 9.53 Å². The number of hydrogen-bond acceptors (Lipinski definition) is 3. The van der Waals surface area contributed by atoms with Gasteiger partial charge in [0.1, 0.15) is 6.61 Å². The minimum atomic E-state index is -0.855. The van der Waals surface area contributed by atoms with Crippen LogP contribution < -0.4 is 0 Å². The number of fused-ring (bicyclic) bond motifs is 4. The van der Waals surface area contributed by atoms with E-state index in [1.807, 2.05) is 24.3 Å². The van der Waals surface area contributed by atoms with Crippen molar-refractivity contribution >= 4 is 12.1 Å². The molecule has 27 heavy (non-hydrogen) atoms. The number of ether oxygens (including phenoxy) is 1. The molecule has 1 amide bonds. The van der Waals surface area contributed by atoms with Crippen LogP contribution in [0.2, 0.25) is 0 Å². The number of carbonyl (C=O) groups excluding carboxylic acids is 1. The van der Waals surface area contributed by atoms with Crippen LogP contribution in [0.4, 0.5) is 4.79 Å². The molecule has 138 valence electrons. The maximum Gasteiger partial charge on any atom is 0.410 e. The second-order valence-electron chi connectivity index (χ2n) is 7.98. The van der Waals surface area contributed by atoms with Crippen molar-refractivity contribution in [1.29, 1.82) is 0 Å². The van der Waals surface area contributed by atoms with Crippen molar-refractivity contribution in [2.75, 3.05) is 13.2 Å². The number of benzene rings is 2. The average Bonchev–Trinajstić information content (AvgIpc) is 3.27. The van der Waals surface area contributed by atoms with Crippen LogP contribution in [0.15, 0.2) is 48.5 Å². The van der Waals surface area contributed by atoms with E-state index in [2.05, 4.69) is 24.3 Å².